The van der Waals surface area contributed by atoms with Crippen LogP contribution in [0.2, 0.25) is 5.02 Å². The van der Waals surface area contributed by atoms with Crippen LogP contribution in [0.25, 0.3) is 0 Å². The van der Waals surface area contributed by atoms with E-state index >= 15 is 0 Å². The molecule has 0 bridgehead atoms. The molecule has 0 N–H and O–H groups in total. The summed E-state index contributed by atoms with van der Waals surface area (Å²) in [5.41, 5.74) is -0.607. The Morgan fingerprint density at radius 1 is 1.15 bits per heavy atom. The number of methoxy groups -OCH3 is 1. The van der Waals surface area contributed by atoms with Gasteiger partial charge in [0.15, 0.2) is 0 Å². The lowest BCUT2D eigenvalue weighted by Crippen LogP contribution is -2.30. The summed E-state index contributed by atoms with van der Waals surface area (Å²) in [4.78, 5) is -0.488. The third-order valence-corrected chi connectivity index (χ3v) is 6.31. The molecule has 2 aromatic carbocycles. The van der Waals surface area contributed by atoms with Gasteiger partial charge in [0.1, 0.15) is 5.75 Å². The molecule has 0 spiro atoms. The number of para-hydroxylation sites is 1. The van der Waals surface area contributed by atoms with Crippen LogP contribution in [0.15, 0.2) is 47.4 Å². The van der Waals surface area contributed by atoms with E-state index in [-0.39, 0.29) is 0 Å². The van der Waals surface area contributed by atoms with Crippen LogP contribution in [0.5, 0.6) is 5.75 Å². The molecule has 2 rings (SSSR count). The van der Waals surface area contributed by atoms with Gasteiger partial charge in [0.2, 0.25) is 10.0 Å². The number of alkyl halides is 3. The van der Waals surface area contributed by atoms with Crippen molar-refractivity contribution in [3.63, 3.8) is 0 Å². The van der Waals surface area contributed by atoms with Crippen LogP contribution in [-0.4, -0.2) is 26.9 Å². The highest BCUT2D eigenvalue weighted by molar-refractivity contribution is 7.89. The van der Waals surface area contributed by atoms with Gasteiger partial charge in [-0.3, -0.25) is 0 Å². The molecule has 0 amide bonds. The summed E-state index contributed by atoms with van der Waals surface area (Å²) < 4.78 is 70.9. The second-order valence-electron chi connectivity index (χ2n) is 5.58. The van der Waals surface area contributed by atoms with Gasteiger partial charge in [-0.1, -0.05) is 29.8 Å². The maximum absolute atomic E-state index is 13.0. The molecule has 0 aromatic heterocycles. The van der Waals surface area contributed by atoms with Crippen LogP contribution in [0.1, 0.15) is 24.1 Å². The average molecular weight is 408 g/mol. The number of halogens is 4. The summed E-state index contributed by atoms with van der Waals surface area (Å²) in [6.07, 6.45) is -4.75. The molecule has 1 unspecified atom stereocenters. The van der Waals surface area contributed by atoms with Gasteiger partial charge in [-0.05, 0) is 31.2 Å². The van der Waals surface area contributed by atoms with Crippen LogP contribution in [0, 0.1) is 0 Å². The Morgan fingerprint density at radius 3 is 2.35 bits per heavy atom. The summed E-state index contributed by atoms with van der Waals surface area (Å²) in [6, 6.07) is 8.69. The Labute approximate surface area is 155 Å². The van der Waals surface area contributed by atoms with Crippen molar-refractivity contribution in [2.45, 2.75) is 24.0 Å². The number of hydrogen-bond donors (Lipinski definition) is 0. The van der Waals surface area contributed by atoms with Crippen molar-refractivity contribution >= 4 is 21.6 Å². The minimum Gasteiger partial charge on any atom is -0.496 e. The molecule has 0 aliphatic rings. The monoisotopic (exact) mass is 407 g/mol. The van der Waals surface area contributed by atoms with Crippen molar-refractivity contribution in [2.24, 2.45) is 0 Å². The van der Waals surface area contributed by atoms with Crippen molar-refractivity contribution in [2.75, 3.05) is 14.2 Å². The van der Waals surface area contributed by atoms with E-state index in [1.54, 1.807) is 31.2 Å². The number of benzene rings is 2. The minimum absolute atomic E-state index is 0.481. The Kier molecular flexibility index (Phi) is 5.89. The molecule has 142 valence electrons. The smallest absolute Gasteiger partial charge is 0.417 e. The zero-order chi connectivity index (χ0) is 19.7. The van der Waals surface area contributed by atoms with Gasteiger partial charge in [-0.15, -0.1) is 0 Å². The van der Waals surface area contributed by atoms with Crippen molar-refractivity contribution < 1.29 is 26.3 Å². The topological polar surface area (TPSA) is 46.6 Å². The van der Waals surface area contributed by atoms with E-state index in [2.05, 4.69) is 0 Å². The Morgan fingerprint density at radius 2 is 1.77 bits per heavy atom. The molecule has 0 saturated heterocycles. The van der Waals surface area contributed by atoms with E-state index in [0.29, 0.717) is 17.4 Å². The average Bonchev–Trinajstić information content (AvgIpc) is 2.59. The van der Waals surface area contributed by atoms with Gasteiger partial charge in [0.25, 0.3) is 0 Å². The number of nitrogens with zero attached hydrogens (tertiary/aromatic N) is 1. The molecule has 0 fully saturated rings. The number of rotatable bonds is 5. The van der Waals surface area contributed by atoms with Crippen LogP contribution >= 0.6 is 11.6 Å². The van der Waals surface area contributed by atoms with Gasteiger partial charge in [0.05, 0.1) is 28.6 Å². The summed E-state index contributed by atoms with van der Waals surface area (Å²) in [5, 5.41) is -0.558. The first kappa shape index (κ1) is 20.5. The van der Waals surface area contributed by atoms with Crippen molar-refractivity contribution in [3.8, 4) is 5.75 Å². The quantitative estimate of drug-likeness (QED) is 0.718. The largest absolute Gasteiger partial charge is 0.496 e. The molecule has 26 heavy (non-hydrogen) atoms. The number of sulfonamides is 1. The molecule has 0 aliphatic heterocycles. The van der Waals surface area contributed by atoms with E-state index in [0.717, 1.165) is 16.4 Å². The molecule has 0 heterocycles. The molecular formula is C17H17ClF3NO3S. The van der Waals surface area contributed by atoms with Gasteiger partial charge in [-0.2, -0.15) is 17.5 Å². The summed E-state index contributed by atoms with van der Waals surface area (Å²) in [7, 11) is -1.44. The summed E-state index contributed by atoms with van der Waals surface area (Å²) in [5.74, 6) is 0.481. The SMILES string of the molecule is COc1ccccc1C(C)N(C)S(=O)(=O)c1ccc(Cl)c(C(F)(F)F)c1. The van der Waals surface area contributed by atoms with E-state index in [4.69, 9.17) is 16.3 Å². The van der Waals surface area contributed by atoms with E-state index in [9.17, 15) is 21.6 Å². The highest BCUT2D eigenvalue weighted by Gasteiger charge is 2.36. The fourth-order valence-electron chi connectivity index (χ4n) is 2.46. The molecule has 1 atom stereocenters. The highest BCUT2D eigenvalue weighted by atomic mass is 35.5. The van der Waals surface area contributed by atoms with E-state index < -0.39 is 37.7 Å². The molecule has 4 nitrogen and oxygen atoms in total. The number of hydrogen-bond acceptors (Lipinski definition) is 3. The molecule has 9 heteroatoms. The predicted molar refractivity (Wildman–Crippen MR) is 92.8 cm³/mol. The van der Waals surface area contributed by atoms with Gasteiger partial charge >= 0.3 is 6.18 Å². The lowest BCUT2D eigenvalue weighted by Gasteiger charge is -2.26. The normalized spacial score (nSPS) is 13.7. The first-order valence-electron chi connectivity index (χ1n) is 7.48. The first-order valence-corrected chi connectivity index (χ1v) is 9.29. The zero-order valence-corrected chi connectivity index (χ0v) is 15.8. The molecule has 0 radical (unpaired) electrons. The van der Waals surface area contributed by atoms with Gasteiger partial charge in [0, 0.05) is 12.6 Å². The van der Waals surface area contributed by atoms with Crippen LogP contribution in [0.4, 0.5) is 13.2 Å². The third-order valence-electron chi connectivity index (χ3n) is 4.05. The van der Waals surface area contributed by atoms with Gasteiger partial charge in [-0.25, -0.2) is 8.42 Å². The fourth-order valence-corrected chi connectivity index (χ4v) is 4.06. The zero-order valence-electron chi connectivity index (χ0n) is 14.2. The predicted octanol–water partition coefficient (Wildman–Crippen LogP) is 4.75. The van der Waals surface area contributed by atoms with Crippen LogP contribution < -0.4 is 4.74 Å². The standard InChI is InChI=1S/C17H17ClF3NO3S/c1-11(13-6-4-5-7-16(13)25-3)22(2)26(23,24)12-8-9-15(18)14(10-12)17(19,20)21/h4-11H,1-3H3. The molecule has 0 aliphatic carbocycles. The lowest BCUT2D eigenvalue weighted by molar-refractivity contribution is -0.137. The van der Waals surface area contributed by atoms with Gasteiger partial charge < -0.3 is 4.74 Å². The van der Waals surface area contributed by atoms with E-state index in [1.165, 1.54) is 14.2 Å². The minimum atomic E-state index is -4.75. The Hall–Kier alpha value is -1.77. The van der Waals surface area contributed by atoms with Crippen molar-refractivity contribution in [3.05, 3.63) is 58.6 Å². The first-order chi connectivity index (χ1) is 12.0. The third kappa shape index (κ3) is 3.97. The van der Waals surface area contributed by atoms with Crippen LogP contribution in [0.3, 0.4) is 0 Å². The molecule has 2 aromatic rings. The molecule has 0 saturated carbocycles. The molecular weight excluding hydrogens is 391 g/mol. The maximum atomic E-state index is 13.0. The second kappa shape index (κ2) is 7.46. The maximum Gasteiger partial charge on any atom is 0.417 e. The van der Waals surface area contributed by atoms with Crippen molar-refractivity contribution in [1.82, 2.24) is 4.31 Å². The summed E-state index contributed by atoms with van der Waals surface area (Å²) in [6.45, 7) is 1.62. The Balaban J connectivity index is 2.47. The number of ether oxygens (including phenoxy) is 1. The van der Waals surface area contributed by atoms with Crippen molar-refractivity contribution in [1.29, 1.82) is 0 Å². The highest BCUT2D eigenvalue weighted by Crippen LogP contribution is 2.37. The second-order valence-corrected chi connectivity index (χ2v) is 7.98. The fraction of sp³-hybridized carbons (Fsp3) is 0.294. The lowest BCUT2D eigenvalue weighted by atomic mass is 10.1. The summed E-state index contributed by atoms with van der Waals surface area (Å²) >= 11 is 5.56. The van der Waals surface area contributed by atoms with Crippen LogP contribution in [-0.2, 0) is 16.2 Å². The Bertz CT molecular complexity index is 900. The van der Waals surface area contributed by atoms with E-state index in [1.807, 2.05) is 0 Å².